The maximum Gasteiger partial charge on any atom is 0.303 e. The molecule has 0 aromatic rings. The minimum absolute atomic E-state index is 0.342. The normalized spacial score (nSPS) is 11.3. The largest absolute Gasteiger partial charge is 0.481 e. The van der Waals surface area contributed by atoms with Gasteiger partial charge in [-0.1, -0.05) is 84.5 Å². The fourth-order valence-corrected chi connectivity index (χ4v) is 3.10. The van der Waals surface area contributed by atoms with Crippen molar-refractivity contribution in [2.24, 2.45) is 0 Å². The number of carbonyl (C=O) groups is 1. The number of hydrogen-bond acceptors (Lipinski definition) is 2. The molecule has 0 aliphatic rings. The van der Waals surface area contributed by atoms with E-state index in [1.165, 1.54) is 90.3 Å². The molecule has 0 unspecified atom stereocenters. The first-order valence-electron chi connectivity index (χ1n) is 10.1. The molecule has 0 fully saturated rings. The van der Waals surface area contributed by atoms with E-state index in [9.17, 15) is 4.79 Å². The predicted molar refractivity (Wildman–Crippen MR) is 100 cm³/mol. The number of hydrogen-bond donors (Lipinski definition) is 1. The molecule has 0 aliphatic carbocycles. The Kier molecular flexibility index (Phi) is 17.3. The molecule has 0 radical (unpaired) electrons. The summed E-state index contributed by atoms with van der Waals surface area (Å²) in [4.78, 5) is 12.9. The van der Waals surface area contributed by atoms with Crippen LogP contribution in [0, 0.1) is 0 Å². The van der Waals surface area contributed by atoms with Gasteiger partial charge in [-0.25, -0.2) is 0 Å². The van der Waals surface area contributed by atoms with Crippen molar-refractivity contribution in [3.05, 3.63) is 0 Å². The Morgan fingerprint density at radius 3 is 1.35 bits per heavy atom. The first-order valence-corrected chi connectivity index (χ1v) is 10.1. The van der Waals surface area contributed by atoms with Crippen molar-refractivity contribution in [3.63, 3.8) is 0 Å². The smallest absolute Gasteiger partial charge is 0.303 e. The highest BCUT2D eigenvalue weighted by Crippen LogP contribution is 2.13. The molecular formula is C20H41NO2. The molecule has 0 rings (SSSR count). The van der Waals surface area contributed by atoms with Crippen LogP contribution < -0.4 is 0 Å². The van der Waals surface area contributed by atoms with Crippen LogP contribution in [0.4, 0.5) is 0 Å². The summed E-state index contributed by atoms with van der Waals surface area (Å²) in [5, 5.41) is 8.55. The molecule has 0 bridgehead atoms. The number of rotatable bonds is 18. The molecule has 0 saturated carbocycles. The van der Waals surface area contributed by atoms with Gasteiger partial charge in [0, 0.05) is 6.42 Å². The topological polar surface area (TPSA) is 40.5 Å². The highest BCUT2D eigenvalue weighted by Gasteiger charge is 1.99. The Balaban J connectivity index is 3.06. The third kappa shape index (κ3) is 17.6. The second kappa shape index (κ2) is 17.8. The number of carboxylic acid groups (broad SMARTS) is 1. The van der Waals surface area contributed by atoms with Crippen LogP contribution >= 0.6 is 0 Å². The van der Waals surface area contributed by atoms with E-state index in [1.54, 1.807) is 0 Å². The summed E-state index contributed by atoms with van der Waals surface area (Å²) in [7, 11) is 0. The van der Waals surface area contributed by atoms with Crippen molar-refractivity contribution in [1.29, 1.82) is 0 Å². The molecule has 0 aromatic heterocycles. The van der Waals surface area contributed by atoms with Gasteiger partial charge in [-0.15, -0.1) is 0 Å². The standard InChI is InChI=1S/C20H41NO2/c1-3-21(4-2)19-17-15-13-11-9-7-5-6-8-10-12-14-16-18-20(22)23/h3-19H2,1-2H3,(H,22,23). The quantitative estimate of drug-likeness (QED) is 0.320. The molecule has 0 saturated heterocycles. The van der Waals surface area contributed by atoms with E-state index in [0.29, 0.717) is 6.42 Å². The summed E-state index contributed by atoms with van der Waals surface area (Å²) in [5.74, 6) is -0.655. The van der Waals surface area contributed by atoms with Gasteiger partial charge in [0.05, 0.1) is 0 Å². The Bertz CT molecular complexity index is 252. The van der Waals surface area contributed by atoms with Gasteiger partial charge < -0.3 is 10.0 Å². The zero-order chi connectivity index (χ0) is 17.2. The van der Waals surface area contributed by atoms with Crippen LogP contribution in [0.5, 0.6) is 0 Å². The average molecular weight is 328 g/mol. The molecule has 0 atom stereocenters. The Morgan fingerprint density at radius 2 is 1.00 bits per heavy atom. The maximum absolute atomic E-state index is 10.4. The van der Waals surface area contributed by atoms with Crippen molar-refractivity contribution >= 4 is 5.97 Å². The molecule has 0 aromatic carbocycles. The van der Waals surface area contributed by atoms with Gasteiger partial charge in [0.15, 0.2) is 0 Å². The molecule has 3 heteroatoms. The number of carboxylic acids is 1. The van der Waals surface area contributed by atoms with Gasteiger partial charge in [0.1, 0.15) is 0 Å². The van der Waals surface area contributed by atoms with Crippen LogP contribution in [0.1, 0.15) is 104 Å². The maximum atomic E-state index is 10.4. The number of aliphatic carboxylic acids is 1. The van der Waals surface area contributed by atoms with E-state index in [2.05, 4.69) is 18.7 Å². The molecule has 3 nitrogen and oxygen atoms in total. The summed E-state index contributed by atoms with van der Waals surface area (Å²) in [5.41, 5.74) is 0. The van der Waals surface area contributed by atoms with E-state index in [1.807, 2.05) is 0 Å². The lowest BCUT2D eigenvalue weighted by Gasteiger charge is -2.17. The molecule has 23 heavy (non-hydrogen) atoms. The summed E-state index contributed by atoms with van der Waals surface area (Å²) < 4.78 is 0. The fraction of sp³-hybridized carbons (Fsp3) is 0.950. The zero-order valence-corrected chi connectivity index (χ0v) is 15.8. The highest BCUT2D eigenvalue weighted by molar-refractivity contribution is 5.66. The molecule has 138 valence electrons. The van der Waals surface area contributed by atoms with Crippen LogP contribution in [0.15, 0.2) is 0 Å². The van der Waals surface area contributed by atoms with Crippen molar-refractivity contribution < 1.29 is 9.90 Å². The van der Waals surface area contributed by atoms with Crippen LogP contribution in [-0.2, 0) is 4.79 Å². The van der Waals surface area contributed by atoms with E-state index >= 15 is 0 Å². The van der Waals surface area contributed by atoms with Gasteiger partial charge in [-0.2, -0.15) is 0 Å². The van der Waals surface area contributed by atoms with Crippen LogP contribution in [0.2, 0.25) is 0 Å². The van der Waals surface area contributed by atoms with E-state index < -0.39 is 5.97 Å². The third-order valence-electron chi connectivity index (χ3n) is 4.76. The average Bonchev–Trinajstić information content (AvgIpc) is 2.54. The number of unbranched alkanes of at least 4 members (excludes halogenated alkanes) is 12. The summed E-state index contributed by atoms with van der Waals surface area (Å²) in [6.07, 6.45) is 17.2. The zero-order valence-electron chi connectivity index (χ0n) is 15.8. The monoisotopic (exact) mass is 327 g/mol. The van der Waals surface area contributed by atoms with Gasteiger partial charge in [0.2, 0.25) is 0 Å². The van der Waals surface area contributed by atoms with Crippen LogP contribution in [0.3, 0.4) is 0 Å². The Hall–Kier alpha value is -0.570. The summed E-state index contributed by atoms with van der Waals surface area (Å²) in [6, 6.07) is 0. The van der Waals surface area contributed by atoms with Crippen molar-refractivity contribution in [3.8, 4) is 0 Å². The van der Waals surface area contributed by atoms with Gasteiger partial charge in [-0.3, -0.25) is 4.79 Å². The van der Waals surface area contributed by atoms with Crippen molar-refractivity contribution in [1.82, 2.24) is 4.90 Å². The minimum Gasteiger partial charge on any atom is -0.481 e. The second-order valence-corrected chi connectivity index (χ2v) is 6.77. The first-order chi connectivity index (χ1) is 11.2. The van der Waals surface area contributed by atoms with E-state index in [4.69, 9.17) is 5.11 Å². The minimum atomic E-state index is -0.655. The van der Waals surface area contributed by atoms with Gasteiger partial charge in [-0.05, 0) is 32.5 Å². The lowest BCUT2D eigenvalue weighted by atomic mass is 10.0. The lowest BCUT2D eigenvalue weighted by molar-refractivity contribution is -0.137. The van der Waals surface area contributed by atoms with Gasteiger partial charge in [0.25, 0.3) is 0 Å². The van der Waals surface area contributed by atoms with Crippen molar-refractivity contribution in [2.45, 2.75) is 104 Å². The summed E-state index contributed by atoms with van der Waals surface area (Å²) in [6.45, 7) is 8.16. The molecule has 1 N–H and O–H groups in total. The third-order valence-corrected chi connectivity index (χ3v) is 4.76. The SMILES string of the molecule is CCN(CC)CCCCCCCCCCCCCCCC(=O)O. The molecule has 0 amide bonds. The Morgan fingerprint density at radius 1 is 0.652 bits per heavy atom. The highest BCUT2D eigenvalue weighted by atomic mass is 16.4. The second-order valence-electron chi connectivity index (χ2n) is 6.77. The first kappa shape index (κ1) is 22.4. The lowest BCUT2D eigenvalue weighted by Crippen LogP contribution is -2.23. The van der Waals surface area contributed by atoms with E-state index in [-0.39, 0.29) is 0 Å². The summed E-state index contributed by atoms with van der Waals surface area (Å²) >= 11 is 0. The van der Waals surface area contributed by atoms with Gasteiger partial charge >= 0.3 is 5.97 Å². The fourth-order valence-electron chi connectivity index (χ4n) is 3.10. The molecule has 0 heterocycles. The molecule has 0 aliphatic heterocycles. The molecular weight excluding hydrogens is 286 g/mol. The van der Waals surface area contributed by atoms with Crippen molar-refractivity contribution in [2.75, 3.05) is 19.6 Å². The van der Waals surface area contributed by atoms with Crippen LogP contribution in [-0.4, -0.2) is 35.6 Å². The number of nitrogens with zero attached hydrogens (tertiary/aromatic N) is 1. The van der Waals surface area contributed by atoms with E-state index in [0.717, 1.165) is 12.8 Å². The predicted octanol–water partition coefficient (Wildman–Crippen LogP) is 5.87. The molecule has 0 spiro atoms. The van der Waals surface area contributed by atoms with Crippen LogP contribution in [0.25, 0.3) is 0 Å². The Labute approximate surface area is 144 Å².